The fourth-order valence-corrected chi connectivity index (χ4v) is 6.08. The van der Waals surface area contributed by atoms with E-state index < -0.39 is 10.0 Å². The van der Waals surface area contributed by atoms with Crippen molar-refractivity contribution >= 4 is 10.0 Å². The monoisotopic (exact) mass is 480 g/mol. The van der Waals surface area contributed by atoms with Crippen molar-refractivity contribution in [1.29, 1.82) is 0 Å². The molecule has 0 fully saturated rings. The van der Waals surface area contributed by atoms with E-state index in [2.05, 4.69) is 21.8 Å². The molecule has 1 heterocycles. The summed E-state index contributed by atoms with van der Waals surface area (Å²) in [5.74, 6) is 1.34. The maximum atomic E-state index is 13.3. The summed E-state index contributed by atoms with van der Waals surface area (Å²) >= 11 is 0. The third-order valence-corrected chi connectivity index (χ3v) is 7.94. The summed E-state index contributed by atoms with van der Waals surface area (Å²) in [5.41, 5.74) is 3.42. The topological polar surface area (TPSA) is 67.9 Å². The summed E-state index contributed by atoms with van der Waals surface area (Å²) in [7, 11) is -0.423. The smallest absolute Gasteiger partial charge is 0.240 e. The maximum absolute atomic E-state index is 13.3. The number of nitrogens with zero attached hydrogens (tertiary/aromatic N) is 1. The molecule has 1 aliphatic heterocycles. The van der Waals surface area contributed by atoms with Gasteiger partial charge in [0.05, 0.1) is 25.2 Å². The van der Waals surface area contributed by atoms with Crippen molar-refractivity contribution in [1.82, 2.24) is 9.62 Å². The predicted octanol–water partition coefficient (Wildman–Crippen LogP) is 4.56. The summed E-state index contributed by atoms with van der Waals surface area (Å²) in [6.07, 6.45) is 1.48. The first-order chi connectivity index (χ1) is 16.5. The predicted molar refractivity (Wildman–Crippen MR) is 134 cm³/mol. The Morgan fingerprint density at radius 3 is 2.21 bits per heavy atom. The van der Waals surface area contributed by atoms with Gasteiger partial charge in [-0.3, -0.25) is 4.90 Å². The van der Waals surface area contributed by atoms with E-state index in [4.69, 9.17) is 9.47 Å². The third-order valence-electron chi connectivity index (χ3n) is 6.44. The molecular weight excluding hydrogens is 448 g/mol. The molecule has 0 radical (unpaired) electrons. The first kappa shape index (κ1) is 24.3. The molecular formula is C27H32N2O4S. The lowest BCUT2D eigenvalue weighted by molar-refractivity contribution is 0.143. The SMILES string of the molecule is CC[C@@H](NS(=O)(=O)c1ccccc1)[C@H]1c2cc(OC)c(OC)cc2CCN1Cc1ccccc1. The van der Waals surface area contributed by atoms with Gasteiger partial charge in [-0.1, -0.05) is 55.5 Å². The molecule has 1 N–H and O–H groups in total. The fourth-order valence-electron chi connectivity index (χ4n) is 4.73. The largest absolute Gasteiger partial charge is 0.493 e. The molecule has 7 heteroatoms. The number of benzene rings is 3. The zero-order chi connectivity index (χ0) is 24.1. The fraction of sp³-hybridized carbons (Fsp3) is 0.333. The van der Waals surface area contributed by atoms with E-state index in [1.165, 1.54) is 5.56 Å². The normalized spacial score (nSPS) is 17.1. The van der Waals surface area contributed by atoms with E-state index in [0.717, 1.165) is 30.6 Å². The van der Waals surface area contributed by atoms with Crippen molar-refractivity contribution in [3.63, 3.8) is 0 Å². The van der Waals surface area contributed by atoms with Gasteiger partial charge in [0.1, 0.15) is 0 Å². The van der Waals surface area contributed by atoms with Crippen LogP contribution >= 0.6 is 0 Å². The van der Waals surface area contributed by atoms with Crippen molar-refractivity contribution in [3.8, 4) is 11.5 Å². The molecule has 6 nitrogen and oxygen atoms in total. The molecule has 0 aliphatic carbocycles. The van der Waals surface area contributed by atoms with Gasteiger partial charge in [0.25, 0.3) is 0 Å². The van der Waals surface area contributed by atoms with Gasteiger partial charge in [-0.15, -0.1) is 0 Å². The lowest BCUT2D eigenvalue weighted by Gasteiger charge is -2.42. The maximum Gasteiger partial charge on any atom is 0.240 e. The molecule has 0 saturated carbocycles. The van der Waals surface area contributed by atoms with Crippen molar-refractivity contribution < 1.29 is 17.9 Å². The van der Waals surface area contributed by atoms with Gasteiger partial charge in [-0.05, 0) is 53.8 Å². The average Bonchev–Trinajstić information content (AvgIpc) is 2.87. The summed E-state index contributed by atoms with van der Waals surface area (Å²) in [5, 5.41) is 0. The molecule has 34 heavy (non-hydrogen) atoms. The summed E-state index contributed by atoms with van der Waals surface area (Å²) in [4.78, 5) is 2.64. The van der Waals surface area contributed by atoms with Gasteiger partial charge in [0.15, 0.2) is 11.5 Å². The number of fused-ring (bicyclic) bond motifs is 1. The standard InChI is InChI=1S/C27H32N2O4S/c1-4-24(28-34(30,31)22-13-9-6-10-14-22)27-23-18-26(33-3)25(32-2)17-21(23)15-16-29(27)19-20-11-7-5-8-12-20/h5-14,17-18,24,27-28H,4,15-16,19H2,1-3H3/t24-,27-/m1/s1. The molecule has 0 amide bonds. The van der Waals surface area contributed by atoms with Crippen molar-refractivity contribution in [2.45, 2.75) is 43.3 Å². The molecule has 4 rings (SSSR count). The van der Waals surface area contributed by atoms with Crippen LogP contribution in [0.4, 0.5) is 0 Å². The highest BCUT2D eigenvalue weighted by Crippen LogP contribution is 2.41. The van der Waals surface area contributed by atoms with Gasteiger partial charge in [-0.25, -0.2) is 13.1 Å². The molecule has 3 aromatic rings. The molecule has 0 bridgehead atoms. The van der Waals surface area contributed by atoms with Crippen molar-refractivity contribution in [3.05, 3.63) is 89.5 Å². The van der Waals surface area contributed by atoms with Crippen LogP contribution < -0.4 is 14.2 Å². The highest BCUT2D eigenvalue weighted by atomic mass is 32.2. The molecule has 0 saturated heterocycles. The van der Waals surface area contributed by atoms with Gasteiger partial charge >= 0.3 is 0 Å². The van der Waals surface area contributed by atoms with Crippen LogP contribution in [0.3, 0.4) is 0 Å². The Kier molecular flexibility index (Phi) is 7.56. The van der Waals surface area contributed by atoms with Crippen LogP contribution in [0.2, 0.25) is 0 Å². The molecule has 2 atom stereocenters. The molecule has 1 aliphatic rings. The first-order valence-corrected chi connectivity index (χ1v) is 13.0. The van der Waals surface area contributed by atoms with E-state index in [-0.39, 0.29) is 17.0 Å². The number of sulfonamides is 1. The minimum atomic E-state index is -3.68. The highest BCUT2D eigenvalue weighted by molar-refractivity contribution is 7.89. The number of methoxy groups -OCH3 is 2. The highest BCUT2D eigenvalue weighted by Gasteiger charge is 2.36. The van der Waals surface area contributed by atoms with Crippen LogP contribution in [-0.4, -0.2) is 40.1 Å². The first-order valence-electron chi connectivity index (χ1n) is 11.6. The second-order valence-electron chi connectivity index (χ2n) is 8.51. The van der Waals surface area contributed by atoms with Crippen LogP contribution in [-0.2, 0) is 23.0 Å². The van der Waals surface area contributed by atoms with Crippen LogP contribution in [0.1, 0.15) is 36.1 Å². The van der Waals surface area contributed by atoms with E-state index in [9.17, 15) is 8.42 Å². The minimum absolute atomic E-state index is 0.160. The quantitative estimate of drug-likeness (QED) is 0.486. The number of rotatable bonds is 9. The number of hydrogen-bond donors (Lipinski definition) is 1. The summed E-state index contributed by atoms with van der Waals surface area (Å²) < 4.78 is 40.7. The number of ether oxygens (including phenoxy) is 2. The van der Waals surface area contributed by atoms with Crippen LogP contribution in [0.5, 0.6) is 11.5 Å². The Bertz CT molecular complexity index is 1200. The minimum Gasteiger partial charge on any atom is -0.493 e. The zero-order valence-electron chi connectivity index (χ0n) is 19.9. The summed E-state index contributed by atoms with van der Waals surface area (Å²) in [6, 6.07) is 22.4. The number of hydrogen-bond acceptors (Lipinski definition) is 5. The Labute approximate surface area is 202 Å². The molecule has 3 aromatic carbocycles. The molecule has 180 valence electrons. The van der Waals surface area contributed by atoms with Gasteiger partial charge in [0.2, 0.25) is 10.0 Å². The van der Waals surface area contributed by atoms with Crippen molar-refractivity contribution in [2.75, 3.05) is 20.8 Å². The molecule has 0 aromatic heterocycles. The molecule has 0 unspecified atom stereocenters. The van der Waals surface area contributed by atoms with Gasteiger partial charge in [0, 0.05) is 19.1 Å². The second kappa shape index (κ2) is 10.6. The van der Waals surface area contributed by atoms with E-state index in [0.29, 0.717) is 17.9 Å². The molecule has 0 spiro atoms. The Morgan fingerprint density at radius 2 is 1.59 bits per heavy atom. The van der Waals surface area contributed by atoms with Crippen LogP contribution in [0, 0.1) is 0 Å². The van der Waals surface area contributed by atoms with E-state index in [1.807, 2.05) is 43.3 Å². The lowest BCUT2D eigenvalue weighted by Crippen LogP contribution is -2.48. The summed E-state index contributed by atoms with van der Waals surface area (Å²) in [6.45, 7) is 3.56. The van der Waals surface area contributed by atoms with Gasteiger partial charge in [-0.2, -0.15) is 0 Å². The second-order valence-corrected chi connectivity index (χ2v) is 10.2. The van der Waals surface area contributed by atoms with Gasteiger partial charge < -0.3 is 9.47 Å². The Hall–Kier alpha value is -2.87. The average molecular weight is 481 g/mol. The Morgan fingerprint density at radius 1 is 0.971 bits per heavy atom. The van der Waals surface area contributed by atoms with Crippen molar-refractivity contribution in [2.24, 2.45) is 0 Å². The Balaban J connectivity index is 1.76. The van der Waals surface area contributed by atoms with E-state index in [1.54, 1.807) is 38.5 Å². The van der Waals surface area contributed by atoms with E-state index >= 15 is 0 Å². The third kappa shape index (κ3) is 5.12. The zero-order valence-corrected chi connectivity index (χ0v) is 20.7. The van der Waals surface area contributed by atoms with Crippen LogP contribution in [0.15, 0.2) is 77.7 Å². The van der Waals surface area contributed by atoms with Crippen LogP contribution in [0.25, 0.3) is 0 Å². The lowest BCUT2D eigenvalue weighted by atomic mass is 9.86. The number of nitrogens with one attached hydrogen (secondary N) is 1.